The maximum atomic E-state index is 13.2. The van der Waals surface area contributed by atoms with Crippen molar-refractivity contribution in [2.24, 2.45) is 5.92 Å². The van der Waals surface area contributed by atoms with Gasteiger partial charge in [-0.1, -0.05) is 12.1 Å². The molecule has 1 aromatic rings. The Morgan fingerprint density at radius 1 is 1.33 bits per heavy atom. The van der Waals surface area contributed by atoms with Crippen LogP contribution in [-0.2, 0) is 0 Å². The fourth-order valence-electron chi connectivity index (χ4n) is 3.36. The molecule has 2 aliphatic heterocycles. The van der Waals surface area contributed by atoms with E-state index in [2.05, 4.69) is 17.1 Å². The number of nitrogens with one attached hydrogen (secondary N) is 1. The van der Waals surface area contributed by atoms with Gasteiger partial charge in [-0.2, -0.15) is 0 Å². The zero-order valence-corrected chi connectivity index (χ0v) is 10.9. The summed E-state index contributed by atoms with van der Waals surface area (Å²) >= 11 is 0. The lowest BCUT2D eigenvalue weighted by Gasteiger charge is -2.33. The van der Waals surface area contributed by atoms with Gasteiger partial charge in [-0.05, 0) is 56.5 Å². The van der Waals surface area contributed by atoms with Crippen molar-refractivity contribution in [1.82, 2.24) is 10.2 Å². The standard InChI is InChI=1S/C15H21FN2/c1-11(12-3-2-4-14(16)9-12)17-15-6-8-18-7-5-13(15)10-18/h2-4,9,11,13,15,17H,5-8,10H2,1H3/t11-,13?,15?/m1/s1. The van der Waals surface area contributed by atoms with Gasteiger partial charge in [-0.15, -0.1) is 0 Å². The smallest absolute Gasteiger partial charge is 0.123 e. The second kappa shape index (κ2) is 4.98. The molecule has 2 saturated heterocycles. The van der Waals surface area contributed by atoms with Gasteiger partial charge in [0.05, 0.1) is 0 Å². The number of rotatable bonds is 3. The van der Waals surface area contributed by atoms with Crippen molar-refractivity contribution in [1.29, 1.82) is 0 Å². The van der Waals surface area contributed by atoms with Crippen molar-refractivity contribution >= 4 is 0 Å². The molecule has 18 heavy (non-hydrogen) atoms. The van der Waals surface area contributed by atoms with Crippen molar-refractivity contribution in [2.45, 2.75) is 31.8 Å². The number of hydrogen-bond donors (Lipinski definition) is 1. The van der Waals surface area contributed by atoms with Gasteiger partial charge in [0.1, 0.15) is 5.82 Å². The molecular formula is C15H21FN2. The highest BCUT2D eigenvalue weighted by molar-refractivity contribution is 5.19. The SMILES string of the molecule is C[C@@H](NC1CCN2CCC1C2)c1cccc(F)c1. The first-order valence-corrected chi connectivity index (χ1v) is 6.96. The van der Waals surface area contributed by atoms with Crippen molar-refractivity contribution < 1.29 is 4.39 Å². The van der Waals surface area contributed by atoms with E-state index in [-0.39, 0.29) is 11.9 Å². The summed E-state index contributed by atoms with van der Waals surface area (Å²) in [4.78, 5) is 2.55. The normalized spacial score (nSPS) is 32.4. The number of halogens is 1. The molecule has 4 atom stereocenters. The number of nitrogens with zero attached hydrogens (tertiary/aromatic N) is 1. The van der Waals surface area contributed by atoms with E-state index in [4.69, 9.17) is 0 Å². The van der Waals surface area contributed by atoms with Crippen LogP contribution in [0.3, 0.4) is 0 Å². The maximum Gasteiger partial charge on any atom is 0.123 e. The van der Waals surface area contributed by atoms with Crippen molar-refractivity contribution in [2.75, 3.05) is 19.6 Å². The van der Waals surface area contributed by atoms with E-state index < -0.39 is 0 Å². The Morgan fingerprint density at radius 2 is 2.17 bits per heavy atom. The zero-order chi connectivity index (χ0) is 12.5. The van der Waals surface area contributed by atoms with Crippen LogP contribution >= 0.6 is 0 Å². The van der Waals surface area contributed by atoms with Crippen LogP contribution in [0, 0.1) is 11.7 Å². The zero-order valence-electron chi connectivity index (χ0n) is 10.9. The summed E-state index contributed by atoms with van der Waals surface area (Å²) in [6.45, 7) is 5.85. The minimum atomic E-state index is -0.142. The molecule has 0 spiro atoms. The molecule has 2 heterocycles. The summed E-state index contributed by atoms with van der Waals surface area (Å²) in [7, 11) is 0. The van der Waals surface area contributed by atoms with E-state index in [9.17, 15) is 4.39 Å². The molecule has 0 aliphatic carbocycles. The summed E-state index contributed by atoms with van der Waals surface area (Å²) in [5.74, 6) is 0.645. The largest absolute Gasteiger partial charge is 0.307 e. The molecule has 3 unspecified atom stereocenters. The van der Waals surface area contributed by atoms with Gasteiger partial charge in [0.15, 0.2) is 0 Å². The van der Waals surface area contributed by atoms with E-state index in [0.29, 0.717) is 6.04 Å². The second-order valence-corrected chi connectivity index (χ2v) is 5.69. The Morgan fingerprint density at radius 3 is 3.00 bits per heavy atom. The fraction of sp³-hybridized carbons (Fsp3) is 0.600. The molecule has 2 fully saturated rings. The second-order valence-electron chi connectivity index (χ2n) is 5.69. The Labute approximate surface area is 108 Å². The Bertz CT molecular complexity index is 421. The molecule has 0 radical (unpaired) electrons. The van der Waals surface area contributed by atoms with Crippen LogP contribution in [0.1, 0.15) is 31.4 Å². The molecule has 1 aromatic carbocycles. The minimum Gasteiger partial charge on any atom is -0.307 e. The summed E-state index contributed by atoms with van der Waals surface area (Å²) < 4.78 is 13.2. The molecular weight excluding hydrogens is 227 g/mol. The Hall–Kier alpha value is -0.930. The summed E-state index contributed by atoms with van der Waals surface area (Å²) in [5.41, 5.74) is 1.05. The number of piperidine rings is 1. The van der Waals surface area contributed by atoms with Crippen LogP contribution in [0.2, 0.25) is 0 Å². The Kier molecular flexibility index (Phi) is 3.35. The van der Waals surface area contributed by atoms with Crippen molar-refractivity contribution in [3.8, 4) is 0 Å². The first-order chi connectivity index (χ1) is 8.72. The number of benzene rings is 1. The van der Waals surface area contributed by atoms with E-state index >= 15 is 0 Å². The van der Waals surface area contributed by atoms with Gasteiger partial charge in [-0.25, -0.2) is 4.39 Å². The third kappa shape index (κ3) is 2.43. The molecule has 1 N–H and O–H groups in total. The summed E-state index contributed by atoms with van der Waals surface area (Å²) in [5, 5.41) is 3.70. The Balaban J connectivity index is 1.65. The lowest BCUT2D eigenvalue weighted by Crippen LogP contribution is -2.44. The fourth-order valence-corrected chi connectivity index (χ4v) is 3.36. The maximum absolute atomic E-state index is 13.2. The molecule has 2 nitrogen and oxygen atoms in total. The molecule has 2 bridgehead atoms. The van der Waals surface area contributed by atoms with Gasteiger partial charge < -0.3 is 10.2 Å². The van der Waals surface area contributed by atoms with E-state index in [1.165, 1.54) is 38.5 Å². The van der Waals surface area contributed by atoms with Crippen LogP contribution in [0.25, 0.3) is 0 Å². The molecule has 0 saturated carbocycles. The van der Waals surface area contributed by atoms with E-state index in [1.807, 2.05) is 6.07 Å². The quantitative estimate of drug-likeness (QED) is 0.884. The first-order valence-electron chi connectivity index (χ1n) is 6.96. The highest BCUT2D eigenvalue weighted by Crippen LogP contribution is 2.28. The van der Waals surface area contributed by atoms with Gasteiger partial charge in [0.2, 0.25) is 0 Å². The average molecular weight is 248 g/mol. The third-order valence-electron chi connectivity index (χ3n) is 4.45. The average Bonchev–Trinajstić information content (AvgIpc) is 2.76. The molecule has 0 aromatic heterocycles. The number of fused-ring (bicyclic) bond motifs is 2. The van der Waals surface area contributed by atoms with E-state index in [1.54, 1.807) is 12.1 Å². The van der Waals surface area contributed by atoms with Crippen LogP contribution < -0.4 is 5.32 Å². The van der Waals surface area contributed by atoms with Crippen LogP contribution in [-0.4, -0.2) is 30.6 Å². The van der Waals surface area contributed by atoms with Crippen molar-refractivity contribution in [3.05, 3.63) is 35.6 Å². The lowest BCUT2D eigenvalue weighted by molar-refractivity contribution is 0.212. The highest BCUT2D eigenvalue weighted by atomic mass is 19.1. The van der Waals surface area contributed by atoms with Gasteiger partial charge in [0.25, 0.3) is 0 Å². The third-order valence-corrected chi connectivity index (χ3v) is 4.45. The van der Waals surface area contributed by atoms with E-state index in [0.717, 1.165) is 11.5 Å². The van der Waals surface area contributed by atoms with Crippen molar-refractivity contribution in [3.63, 3.8) is 0 Å². The van der Waals surface area contributed by atoms with Gasteiger partial charge in [0, 0.05) is 18.6 Å². The highest BCUT2D eigenvalue weighted by Gasteiger charge is 2.34. The summed E-state index contributed by atoms with van der Waals surface area (Å²) in [6.07, 6.45) is 2.54. The minimum absolute atomic E-state index is 0.142. The predicted molar refractivity (Wildman–Crippen MR) is 70.9 cm³/mol. The molecule has 98 valence electrons. The summed E-state index contributed by atoms with van der Waals surface area (Å²) in [6, 6.07) is 7.78. The lowest BCUT2D eigenvalue weighted by atomic mass is 9.93. The first kappa shape index (κ1) is 12.1. The molecule has 0 amide bonds. The molecule has 3 rings (SSSR count). The molecule has 3 heteroatoms. The van der Waals surface area contributed by atoms with Crippen LogP contribution in [0.15, 0.2) is 24.3 Å². The monoisotopic (exact) mass is 248 g/mol. The van der Waals surface area contributed by atoms with Gasteiger partial charge in [-0.3, -0.25) is 0 Å². The van der Waals surface area contributed by atoms with Crippen LogP contribution in [0.4, 0.5) is 4.39 Å². The van der Waals surface area contributed by atoms with Gasteiger partial charge >= 0.3 is 0 Å². The number of hydrogen-bond acceptors (Lipinski definition) is 2. The van der Waals surface area contributed by atoms with Crippen LogP contribution in [0.5, 0.6) is 0 Å². The molecule has 2 aliphatic rings. The topological polar surface area (TPSA) is 15.3 Å². The predicted octanol–water partition coefficient (Wildman–Crippen LogP) is 2.57.